The third-order valence-electron chi connectivity index (χ3n) is 12.7. The van der Waals surface area contributed by atoms with Crippen molar-refractivity contribution >= 4 is 11.8 Å². The van der Waals surface area contributed by atoms with Gasteiger partial charge in [-0.25, -0.2) is 9.98 Å². The van der Waals surface area contributed by atoms with E-state index in [0.29, 0.717) is 12.8 Å². The van der Waals surface area contributed by atoms with Crippen molar-refractivity contribution in [2.45, 2.75) is 155 Å². The smallest absolute Gasteiger partial charge is 0.201 e. The van der Waals surface area contributed by atoms with Crippen LogP contribution < -0.4 is 0 Å². The monoisotopic (exact) mass is 734 g/mol. The highest BCUT2D eigenvalue weighted by Crippen LogP contribution is 2.50. The molecule has 0 amide bonds. The first kappa shape index (κ1) is 37.7. The summed E-state index contributed by atoms with van der Waals surface area (Å²) in [5.74, 6) is 1.56. The van der Waals surface area contributed by atoms with E-state index in [4.69, 9.17) is 19.5 Å². The third kappa shape index (κ3) is 6.76. The molecule has 4 atom stereocenters. The Balaban J connectivity index is 1.38. The van der Waals surface area contributed by atoms with Crippen LogP contribution in [0.1, 0.15) is 151 Å². The molecule has 4 aliphatic rings. The van der Waals surface area contributed by atoms with Gasteiger partial charge < -0.3 is 9.47 Å². The van der Waals surface area contributed by atoms with Crippen molar-refractivity contribution in [3.63, 3.8) is 0 Å². The second kappa shape index (κ2) is 12.9. The van der Waals surface area contributed by atoms with Crippen LogP contribution in [-0.4, -0.2) is 24.0 Å². The first-order chi connectivity index (χ1) is 25.7. The van der Waals surface area contributed by atoms with Gasteiger partial charge in [-0.05, 0) is 90.1 Å². The van der Waals surface area contributed by atoms with Crippen LogP contribution in [0.2, 0.25) is 0 Å². The third-order valence-corrected chi connectivity index (χ3v) is 12.7. The molecule has 0 fully saturated rings. The number of benzene rings is 4. The van der Waals surface area contributed by atoms with Crippen LogP contribution in [0.4, 0.5) is 0 Å². The fourth-order valence-electron chi connectivity index (χ4n) is 9.56. The van der Waals surface area contributed by atoms with Crippen molar-refractivity contribution in [2.24, 2.45) is 15.4 Å². The summed E-state index contributed by atoms with van der Waals surface area (Å²) in [5, 5.41) is 0. The van der Waals surface area contributed by atoms with E-state index in [1.54, 1.807) is 0 Å². The number of rotatable bonds is 6. The van der Waals surface area contributed by atoms with Gasteiger partial charge in [0.2, 0.25) is 11.8 Å². The van der Waals surface area contributed by atoms with E-state index < -0.39 is 5.41 Å². The Bertz CT molecular complexity index is 2040. The average molecular weight is 735 g/mol. The van der Waals surface area contributed by atoms with Crippen molar-refractivity contribution in [2.75, 3.05) is 0 Å². The molecule has 4 nitrogen and oxygen atoms in total. The number of hydrogen-bond acceptors (Lipinski definition) is 4. The summed E-state index contributed by atoms with van der Waals surface area (Å²) in [4.78, 5) is 11.3. The van der Waals surface area contributed by atoms with Crippen molar-refractivity contribution in [3.05, 3.63) is 141 Å². The summed E-state index contributed by atoms with van der Waals surface area (Å²) in [7, 11) is 0. The minimum atomic E-state index is -0.773. The number of ether oxygens (including phenoxy) is 2. The normalized spacial score (nSPS) is 22.0. The molecule has 0 radical (unpaired) electrons. The molecule has 288 valence electrons. The molecule has 4 heteroatoms. The van der Waals surface area contributed by atoms with E-state index in [2.05, 4.69) is 168 Å². The Morgan fingerprint density at radius 3 is 1.24 bits per heavy atom. The van der Waals surface area contributed by atoms with Crippen LogP contribution in [0.3, 0.4) is 0 Å². The van der Waals surface area contributed by atoms with Gasteiger partial charge in [-0.3, -0.25) is 0 Å². The van der Waals surface area contributed by atoms with Crippen molar-refractivity contribution in [1.29, 1.82) is 0 Å². The molecule has 4 aromatic carbocycles. The zero-order chi connectivity index (χ0) is 39.3. The molecule has 0 saturated heterocycles. The van der Waals surface area contributed by atoms with Gasteiger partial charge in [-0.1, -0.05) is 168 Å². The molecule has 4 aromatic rings. The van der Waals surface area contributed by atoms with E-state index in [0.717, 1.165) is 24.6 Å². The van der Waals surface area contributed by atoms with E-state index in [9.17, 15) is 0 Å². The van der Waals surface area contributed by atoms with Crippen molar-refractivity contribution in [3.8, 4) is 0 Å². The largest absolute Gasteiger partial charge is 0.474 e. The SMILES string of the molecule is CC(C)(C)c1ccc(CC(Cc2ccc(C(C)(C)C)cc2C(C)(C)C)(C2=NC3c4ccccc4CC3O2)C2=NC3c4ccccc4CC3O2)c(C(C)(C)C)c1. The fraction of sp³-hybridized carbons (Fsp3) is 0.490. The van der Waals surface area contributed by atoms with Crippen LogP contribution in [0.25, 0.3) is 0 Å². The summed E-state index contributed by atoms with van der Waals surface area (Å²) in [6, 6.07) is 31.8. The van der Waals surface area contributed by atoms with Gasteiger partial charge in [0.25, 0.3) is 0 Å². The minimum absolute atomic E-state index is 0.0268. The Labute approximate surface area is 330 Å². The topological polar surface area (TPSA) is 43.2 Å². The predicted octanol–water partition coefficient (Wildman–Crippen LogP) is 11.8. The van der Waals surface area contributed by atoms with Crippen LogP contribution in [0.15, 0.2) is 94.9 Å². The molecule has 0 spiro atoms. The highest BCUT2D eigenvalue weighted by molar-refractivity contribution is 6.07. The van der Waals surface area contributed by atoms with Gasteiger partial charge in [0.1, 0.15) is 29.7 Å². The van der Waals surface area contributed by atoms with Gasteiger partial charge in [0, 0.05) is 12.8 Å². The van der Waals surface area contributed by atoms with E-state index in [1.807, 2.05) is 0 Å². The summed E-state index contributed by atoms with van der Waals surface area (Å²) in [6.45, 7) is 27.9. The first-order valence-corrected chi connectivity index (χ1v) is 20.7. The Hall–Kier alpha value is -4.18. The van der Waals surface area contributed by atoms with Gasteiger partial charge in [0.15, 0.2) is 0 Å². The van der Waals surface area contributed by atoms with Crippen LogP contribution in [-0.2, 0) is 56.8 Å². The van der Waals surface area contributed by atoms with Crippen LogP contribution in [0.5, 0.6) is 0 Å². The molecule has 0 N–H and O–H groups in total. The standard InChI is InChI=1S/C51H62N2O2/c1-47(2,3)35-23-21-33(39(27-35)49(7,8)9)29-51(45-52-43-37-19-15-13-17-31(37)25-41(43)54-45,46-53-44-38-20-16-14-18-32(38)26-42(44)55-46)30-34-22-24-36(48(4,5)6)28-40(34)50(10,11)12/h13-24,27-28,41-44H,25-26,29-30H2,1-12H3. The Kier molecular flexibility index (Phi) is 8.87. The van der Waals surface area contributed by atoms with Crippen molar-refractivity contribution < 1.29 is 9.47 Å². The number of hydrogen-bond donors (Lipinski definition) is 0. The first-order valence-electron chi connectivity index (χ1n) is 20.7. The maximum Gasteiger partial charge on any atom is 0.201 e. The maximum absolute atomic E-state index is 7.28. The Morgan fingerprint density at radius 2 is 0.873 bits per heavy atom. The number of fused-ring (bicyclic) bond motifs is 6. The molecule has 4 unspecified atom stereocenters. The lowest BCUT2D eigenvalue weighted by molar-refractivity contribution is 0.162. The molecule has 0 bridgehead atoms. The summed E-state index contributed by atoms with van der Waals surface area (Å²) in [6.07, 6.45) is 2.99. The number of aliphatic imine (C=N–C) groups is 2. The van der Waals surface area contributed by atoms with Gasteiger partial charge in [0.05, 0.1) is 0 Å². The second-order valence-corrected chi connectivity index (χ2v) is 21.1. The molecule has 0 aromatic heterocycles. The summed E-state index contributed by atoms with van der Waals surface area (Å²) < 4.78 is 14.6. The molecule has 2 aliphatic carbocycles. The van der Waals surface area contributed by atoms with E-state index in [1.165, 1.54) is 55.6 Å². The summed E-state index contributed by atoms with van der Waals surface area (Å²) in [5.41, 5.74) is 12.4. The highest BCUT2D eigenvalue weighted by Gasteiger charge is 2.55. The van der Waals surface area contributed by atoms with Crippen LogP contribution in [0, 0.1) is 5.41 Å². The molecule has 0 saturated carbocycles. The van der Waals surface area contributed by atoms with E-state index >= 15 is 0 Å². The zero-order valence-electron chi connectivity index (χ0n) is 35.4. The number of nitrogens with zero attached hydrogens (tertiary/aromatic N) is 2. The van der Waals surface area contributed by atoms with Crippen LogP contribution >= 0.6 is 0 Å². The highest BCUT2D eigenvalue weighted by atomic mass is 16.5. The minimum Gasteiger partial charge on any atom is -0.474 e. The molecule has 8 rings (SSSR count). The van der Waals surface area contributed by atoms with Crippen molar-refractivity contribution in [1.82, 2.24) is 0 Å². The lowest BCUT2D eigenvalue weighted by atomic mass is 9.69. The predicted molar refractivity (Wildman–Crippen MR) is 228 cm³/mol. The maximum atomic E-state index is 7.28. The molecule has 55 heavy (non-hydrogen) atoms. The summed E-state index contributed by atoms with van der Waals surface area (Å²) >= 11 is 0. The van der Waals surface area contributed by atoms with Gasteiger partial charge in [-0.2, -0.15) is 0 Å². The average Bonchev–Trinajstić information content (AvgIpc) is 3.86. The lowest BCUT2D eigenvalue weighted by Gasteiger charge is -2.37. The quantitative estimate of drug-likeness (QED) is 0.198. The molecule has 2 heterocycles. The van der Waals surface area contributed by atoms with Gasteiger partial charge in [-0.15, -0.1) is 0 Å². The van der Waals surface area contributed by atoms with E-state index in [-0.39, 0.29) is 46.0 Å². The molecular formula is C51H62N2O2. The van der Waals surface area contributed by atoms with Gasteiger partial charge >= 0.3 is 0 Å². The zero-order valence-corrected chi connectivity index (χ0v) is 35.4. The Morgan fingerprint density at radius 1 is 0.491 bits per heavy atom. The fourth-order valence-corrected chi connectivity index (χ4v) is 9.56. The molecule has 2 aliphatic heterocycles. The lowest BCUT2D eigenvalue weighted by Crippen LogP contribution is -2.46. The second-order valence-electron chi connectivity index (χ2n) is 21.1. The molecular weight excluding hydrogens is 673 g/mol.